The molecule has 2 atom stereocenters. The zero-order valence-corrected chi connectivity index (χ0v) is 12.2. The summed E-state index contributed by atoms with van der Waals surface area (Å²) < 4.78 is 2.52. The van der Waals surface area contributed by atoms with Crippen molar-refractivity contribution in [2.45, 2.75) is 83.2 Å². The number of nitrogens with zero attached hydrogens (tertiary/aromatic N) is 2. The van der Waals surface area contributed by atoms with Gasteiger partial charge in [0, 0.05) is 11.7 Å². The molecule has 1 heterocycles. The lowest BCUT2D eigenvalue weighted by Gasteiger charge is -2.30. The molecule has 0 aliphatic heterocycles. The van der Waals surface area contributed by atoms with E-state index in [2.05, 4.69) is 11.5 Å². The van der Waals surface area contributed by atoms with Crippen molar-refractivity contribution in [3.8, 4) is 0 Å². The Balaban J connectivity index is 1.92. The lowest BCUT2D eigenvalue weighted by Crippen LogP contribution is -2.34. The Labute approximate surface area is 116 Å². The van der Waals surface area contributed by atoms with E-state index in [4.69, 9.17) is 10.7 Å². The van der Waals surface area contributed by atoms with E-state index < -0.39 is 0 Å². The van der Waals surface area contributed by atoms with Crippen LogP contribution >= 0.6 is 0 Å². The number of aryl methyl sites for hydroxylation is 2. The number of fused-ring (bicyclic) bond motifs is 1. The van der Waals surface area contributed by atoms with Crippen LogP contribution in [0.2, 0.25) is 0 Å². The first-order valence-corrected chi connectivity index (χ1v) is 8.09. The van der Waals surface area contributed by atoms with Crippen LogP contribution in [0.4, 0.5) is 0 Å². The van der Waals surface area contributed by atoms with Crippen LogP contribution in [0.5, 0.6) is 0 Å². The molecule has 3 rings (SSSR count). The SMILES string of the molecule is Cc1nc2c(n1C1CCCCCCC1N)CCCC2. The van der Waals surface area contributed by atoms with Gasteiger partial charge in [0.2, 0.25) is 0 Å². The molecular weight excluding hydrogens is 234 g/mol. The van der Waals surface area contributed by atoms with Gasteiger partial charge in [-0.1, -0.05) is 25.7 Å². The largest absolute Gasteiger partial charge is 0.327 e. The van der Waals surface area contributed by atoms with E-state index in [0.29, 0.717) is 12.1 Å². The minimum Gasteiger partial charge on any atom is -0.327 e. The molecule has 106 valence electrons. The van der Waals surface area contributed by atoms with Crippen molar-refractivity contribution in [2.24, 2.45) is 5.73 Å². The molecule has 2 unspecified atom stereocenters. The average molecular weight is 261 g/mol. The van der Waals surface area contributed by atoms with Crippen LogP contribution in [0.25, 0.3) is 0 Å². The van der Waals surface area contributed by atoms with Crippen LogP contribution < -0.4 is 5.73 Å². The smallest absolute Gasteiger partial charge is 0.106 e. The Hall–Kier alpha value is -0.830. The van der Waals surface area contributed by atoms with Crippen molar-refractivity contribution >= 4 is 0 Å². The van der Waals surface area contributed by atoms with Crippen molar-refractivity contribution in [1.29, 1.82) is 0 Å². The number of imidazole rings is 1. The van der Waals surface area contributed by atoms with Crippen molar-refractivity contribution in [3.63, 3.8) is 0 Å². The summed E-state index contributed by atoms with van der Waals surface area (Å²) in [4.78, 5) is 4.82. The number of hydrogen-bond acceptors (Lipinski definition) is 2. The Morgan fingerprint density at radius 2 is 1.74 bits per heavy atom. The van der Waals surface area contributed by atoms with Gasteiger partial charge in [-0.2, -0.15) is 0 Å². The summed E-state index contributed by atoms with van der Waals surface area (Å²) in [5.74, 6) is 1.20. The van der Waals surface area contributed by atoms with Gasteiger partial charge in [-0.15, -0.1) is 0 Å². The van der Waals surface area contributed by atoms with Crippen molar-refractivity contribution < 1.29 is 0 Å². The predicted octanol–water partition coefficient (Wildman–Crippen LogP) is 3.29. The molecule has 2 N–H and O–H groups in total. The van der Waals surface area contributed by atoms with E-state index in [-0.39, 0.29) is 0 Å². The zero-order chi connectivity index (χ0) is 13.2. The highest BCUT2D eigenvalue weighted by atomic mass is 15.1. The molecule has 0 radical (unpaired) electrons. The minimum absolute atomic E-state index is 0.319. The molecular formula is C16H27N3. The standard InChI is InChI=1S/C16H27N3/c1-12-18-14-9-6-7-11-16(14)19(12)15-10-5-3-2-4-8-13(15)17/h13,15H,2-11,17H2,1H3. The molecule has 0 spiro atoms. The highest BCUT2D eigenvalue weighted by molar-refractivity contribution is 5.21. The molecule has 0 bridgehead atoms. The second kappa shape index (κ2) is 5.66. The van der Waals surface area contributed by atoms with Crippen LogP contribution in [0, 0.1) is 6.92 Å². The molecule has 1 aromatic heterocycles. The Morgan fingerprint density at radius 3 is 2.58 bits per heavy atom. The van der Waals surface area contributed by atoms with Gasteiger partial charge in [0.1, 0.15) is 5.82 Å². The van der Waals surface area contributed by atoms with Crippen molar-refractivity contribution in [3.05, 3.63) is 17.2 Å². The fraction of sp³-hybridized carbons (Fsp3) is 0.812. The van der Waals surface area contributed by atoms with Crippen LogP contribution in [-0.2, 0) is 12.8 Å². The first kappa shape index (κ1) is 13.2. The third kappa shape index (κ3) is 2.58. The maximum Gasteiger partial charge on any atom is 0.106 e. The summed E-state index contributed by atoms with van der Waals surface area (Å²) in [5, 5.41) is 0. The van der Waals surface area contributed by atoms with E-state index in [9.17, 15) is 0 Å². The molecule has 3 nitrogen and oxygen atoms in total. The monoisotopic (exact) mass is 261 g/mol. The van der Waals surface area contributed by atoms with Crippen molar-refractivity contribution in [1.82, 2.24) is 9.55 Å². The summed E-state index contributed by atoms with van der Waals surface area (Å²) in [7, 11) is 0. The fourth-order valence-corrected chi connectivity index (χ4v) is 3.95. The van der Waals surface area contributed by atoms with E-state index in [1.807, 2.05) is 0 Å². The molecule has 1 saturated carbocycles. The van der Waals surface area contributed by atoms with Gasteiger partial charge in [0.25, 0.3) is 0 Å². The maximum atomic E-state index is 6.49. The summed E-state index contributed by atoms with van der Waals surface area (Å²) >= 11 is 0. The summed E-state index contributed by atoms with van der Waals surface area (Å²) in [6.07, 6.45) is 12.8. The maximum absolute atomic E-state index is 6.49. The third-order valence-corrected chi connectivity index (χ3v) is 4.96. The molecule has 2 aliphatic rings. The highest BCUT2D eigenvalue weighted by Gasteiger charge is 2.27. The summed E-state index contributed by atoms with van der Waals surface area (Å²) in [6.45, 7) is 2.17. The summed E-state index contributed by atoms with van der Waals surface area (Å²) in [5.41, 5.74) is 9.36. The van der Waals surface area contributed by atoms with Gasteiger partial charge < -0.3 is 10.3 Å². The summed E-state index contributed by atoms with van der Waals surface area (Å²) in [6, 6.07) is 0.814. The number of nitrogens with two attached hydrogens (primary N) is 1. The molecule has 1 aromatic rings. The van der Waals surface area contributed by atoms with Gasteiger partial charge in [0.15, 0.2) is 0 Å². The van der Waals surface area contributed by atoms with E-state index in [1.165, 1.54) is 81.4 Å². The quantitative estimate of drug-likeness (QED) is 0.843. The molecule has 19 heavy (non-hydrogen) atoms. The topological polar surface area (TPSA) is 43.8 Å². The minimum atomic E-state index is 0.319. The number of rotatable bonds is 1. The molecule has 1 fully saturated rings. The van der Waals surface area contributed by atoms with Gasteiger partial charge >= 0.3 is 0 Å². The average Bonchev–Trinajstić information content (AvgIpc) is 2.71. The molecule has 0 amide bonds. The van der Waals surface area contributed by atoms with Gasteiger partial charge in [-0.25, -0.2) is 4.98 Å². The lowest BCUT2D eigenvalue weighted by atomic mass is 9.91. The van der Waals surface area contributed by atoms with Crippen LogP contribution in [0.3, 0.4) is 0 Å². The van der Waals surface area contributed by atoms with Gasteiger partial charge in [-0.3, -0.25) is 0 Å². The Kier molecular flexibility index (Phi) is 3.92. The zero-order valence-electron chi connectivity index (χ0n) is 12.2. The van der Waals surface area contributed by atoms with E-state index in [0.717, 1.165) is 0 Å². The Bertz CT molecular complexity index is 435. The lowest BCUT2D eigenvalue weighted by molar-refractivity contribution is 0.316. The number of hydrogen-bond donors (Lipinski definition) is 1. The third-order valence-electron chi connectivity index (χ3n) is 4.96. The second-order valence-electron chi connectivity index (χ2n) is 6.35. The van der Waals surface area contributed by atoms with Gasteiger partial charge in [0.05, 0.1) is 11.7 Å². The Morgan fingerprint density at radius 1 is 1.00 bits per heavy atom. The predicted molar refractivity (Wildman–Crippen MR) is 78.3 cm³/mol. The number of aromatic nitrogens is 2. The van der Waals surface area contributed by atoms with Crippen LogP contribution in [0.15, 0.2) is 0 Å². The van der Waals surface area contributed by atoms with Crippen LogP contribution in [-0.4, -0.2) is 15.6 Å². The first-order valence-electron chi connectivity index (χ1n) is 8.09. The fourth-order valence-electron chi connectivity index (χ4n) is 3.95. The van der Waals surface area contributed by atoms with Gasteiger partial charge in [-0.05, 0) is 45.4 Å². The van der Waals surface area contributed by atoms with E-state index in [1.54, 1.807) is 0 Å². The van der Waals surface area contributed by atoms with Crippen molar-refractivity contribution in [2.75, 3.05) is 0 Å². The second-order valence-corrected chi connectivity index (χ2v) is 6.35. The molecule has 3 heteroatoms. The normalized spacial score (nSPS) is 28.5. The highest BCUT2D eigenvalue weighted by Crippen LogP contribution is 2.31. The van der Waals surface area contributed by atoms with E-state index >= 15 is 0 Å². The molecule has 2 aliphatic carbocycles. The molecule has 0 aromatic carbocycles. The van der Waals surface area contributed by atoms with Crippen LogP contribution in [0.1, 0.15) is 74.6 Å². The first-order chi connectivity index (χ1) is 9.27. The molecule has 0 saturated heterocycles.